The first-order valence-corrected chi connectivity index (χ1v) is 9.30. The van der Waals surface area contributed by atoms with Crippen LogP contribution in [0.5, 0.6) is 0 Å². The zero-order valence-corrected chi connectivity index (χ0v) is 15.1. The largest absolute Gasteiger partial charge is 0.480 e. The Hall–Kier alpha value is -2.34. The molecule has 1 aromatic carbocycles. The lowest BCUT2D eigenvalue weighted by Gasteiger charge is -2.17. The van der Waals surface area contributed by atoms with E-state index in [1.54, 1.807) is 0 Å². The standard InChI is InChI=1S/C19H20ClN3O3/c20-16-14-7-8-15(19(25)26)23(14)18(24)17(22-16)21-10-11-5-6-12-3-1-2-4-13(12)9-11/h5-6,9,15H,1-4,7-8,10H2,(H,21,22)(H,25,26)/t15-/m0/s1. The average molecular weight is 374 g/mol. The van der Waals surface area contributed by atoms with E-state index in [2.05, 4.69) is 28.5 Å². The van der Waals surface area contributed by atoms with Gasteiger partial charge in [-0.05, 0) is 55.2 Å². The van der Waals surface area contributed by atoms with Gasteiger partial charge in [-0.15, -0.1) is 0 Å². The predicted octanol–water partition coefficient (Wildman–Crippen LogP) is 2.96. The van der Waals surface area contributed by atoms with Crippen LogP contribution in [0.3, 0.4) is 0 Å². The van der Waals surface area contributed by atoms with Gasteiger partial charge in [0, 0.05) is 6.54 Å². The van der Waals surface area contributed by atoms with Crippen molar-refractivity contribution >= 4 is 23.4 Å². The molecule has 0 unspecified atom stereocenters. The highest BCUT2D eigenvalue weighted by atomic mass is 35.5. The third-order valence-electron chi connectivity index (χ3n) is 5.28. The molecule has 1 aliphatic carbocycles. The predicted molar refractivity (Wildman–Crippen MR) is 98.9 cm³/mol. The average Bonchev–Trinajstić information content (AvgIpc) is 3.09. The second-order valence-corrected chi connectivity index (χ2v) is 7.29. The lowest BCUT2D eigenvalue weighted by Crippen LogP contribution is -2.30. The Morgan fingerprint density at radius 1 is 1.27 bits per heavy atom. The number of rotatable bonds is 4. The molecule has 7 heteroatoms. The summed E-state index contributed by atoms with van der Waals surface area (Å²) < 4.78 is 1.27. The molecule has 4 rings (SSSR count). The third-order valence-corrected chi connectivity index (χ3v) is 5.59. The van der Waals surface area contributed by atoms with Gasteiger partial charge in [0.25, 0.3) is 5.56 Å². The van der Waals surface area contributed by atoms with Gasteiger partial charge in [-0.3, -0.25) is 9.36 Å². The maximum Gasteiger partial charge on any atom is 0.326 e. The fourth-order valence-electron chi connectivity index (χ4n) is 3.93. The number of carboxylic acid groups (broad SMARTS) is 1. The number of aryl methyl sites for hydroxylation is 2. The van der Waals surface area contributed by atoms with Gasteiger partial charge < -0.3 is 10.4 Å². The summed E-state index contributed by atoms with van der Waals surface area (Å²) in [5, 5.41) is 12.6. The van der Waals surface area contributed by atoms with Gasteiger partial charge in [-0.1, -0.05) is 29.8 Å². The van der Waals surface area contributed by atoms with Gasteiger partial charge in [0.2, 0.25) is 0 Å². The number of nitrogens with zero attached hydrogens (tertiary/aromatic N) is 2. The Bertz CT molecular complexity index is 938. The number of anilines is 1. The third kappa shape index (κ3) is 2.98. The molecule has 2 heterocycles. The van der Waals surface area contributed by atoms with E-state index in [4.69, 9.17) is 11.6 Å². The van der Waals surface area contributed by atoms with Gasteiger partial charge in [0.1, 0.15) is 6.04 Å². The number of carboxylic acids is 1. The van der Waals surface area contributed by atoms with Crippen molar-refractivity contribution in [2.75, 3.05) is 5.32 Å². The highest BCUT2D eigenvalue weighted by Crippen LogP contribution is 2.29. The molecule has 0 saturated carbocycles. The molecule has 0 saturated heterocycles. The fraction of sp³-hybridized carbons (Fsp3) is 0.421. The molecule has 6 nitrogen and oxygen atoms in total. The Balaban J connectivity index is 1.60. The van der Waals surface area contributed by atoms with Gasteiger partial charge in [0.15, 0.2) is 11.0 Å². The molecule has 0 bridgehead atoms. The molecule has 2 aromatic rings. The lowest BCUT2D eigenvalue weighted by atomic mass is 9.90. The molecule has 0 spiro atoms. The number of hydrogen-bond donors (Lipinski definition) is 2. The number of benzene rings is 1. The van der Waals surface area contributed by atoms with Crippen LogP contribution in [0.1, 0.15) is 47.7 Å². The molecule has 0 fully saturated rings. The van der Waals surface area contributed by atoms with E-state index < -0.39 is 17.6 Å². The van der Waals surface area contributed by atoms with Crippen LogP contribution in [0.2, 0.25) is 5.15 Å². The minimum absolute atomic E-state index is 0.102. The van der Waals surface area contributed by atoms with Gasteiger partial charge >= 0.3 is 5.97 Å². The molecule has 1 atom stereocenters. The van der Waals surface area contributed by atoms with E-state index in [1.165, 1.54) is 28.5 Å². The summed E-state index contributed by atoms with van der Waals surface area (Å²) in [5.74, 6) is -0.918. The van der Waals surface area contributed by atoms with E-state index in [0.717, 1.165) is 18.4 Å². The molecule has 0 amide bonds. The first-order valence-electron chi connectivity index (χ1n) is 8.93. The van der Waals surface area contributed by atoms with Crippen molar-refractivity contribution in [1.29, 1.82) is 0 Å². The smallest absolute Gasteiger partial charge is 0.326 e. The molecule has 2 N–H and O–H groups in total. The maximum absolute atomic E-state index is 12.7. The summed E-state index contributed by atoms with van der Waals surface area (Å²) in [6, 6.07) is 5.52. The first-order chi connectivity index (χ1) is 12.5. The number of hydrogen-bond acceptors (Lipinski definition) is 4. The molecule has 1 aliphatic heterocycles. The SMILES string of the molecule is O=C(O)[C@@H]1CCc2c(Cl)nc(NCc3ccc4c(c3)CCCC4)c(=O)n21. The Labute approximate surface area is 155 Å². The van der Waals surface area contributed by atoms with Crippen LogP contribution in [0, 0.1) is 0 Å². The summed E-state index contributed by atoms with van der Waals surface area (Å²) in [6.07, 6.45) is 5.48. The van der Waals surface area contributed by atoms with E-state index in [-0.39, 0.29) is 11.0 Å². The number of aliphatic carboxylic acids is 1. The normalized spacial score (nSPS) is 18.3. The Morgan fingerprint density at radius 2 is 2.04 bits per heavy atom. The van der Waals surface area contributed by atoms with Crippen molar-refractivity contribution in [1.82, 2.24) is 9.55 Å². The zero-order chi connectivity index (χ0) is 18.3. The minimum atomic E-state index is -1.02. The molecule has 136 valence electrons. The van der Waals surface area contributed by atoms with Crippen molar-refractivity contribution in [3.8, 4) is 0 Å². The van der Waals surface area contributed by atoms with E-state index in [0.29, 0.717) is 25.1 Å². The summed E-state index contributed by atoms with van der Waals surface area (Å²) in [5.41, 5.74) is 3.93. The second-order valence-electron chi connectivity index (χ2n) is 6.93. The summed E-state index contributed by atoms with van der Waals surface area (Å²) in [4.78, 5) is 28.3. The summed E-state index contributed by atoms with van der Waals surface area (Å²) >= 11 is 6.19. The van der Waals surface area contributed by atoms with Crippen LogP contribution in [-0.2, 0) is 30.6 Å². The monoisotopic (exact) mass is 373 g/mol. The second kappa shape index (κ2) is 6.76. The van der Waals surface area contributed by atoms with Crippen molar-refractivity contribution in [3.05, 3.63) is 56.1 Å². The van der Waals surface area contributed by atoms with E-state index in [1.807, 2.05) is 0 Å². The molecule has 2 aliphatic rings. The highest BCUT2D eigenvalue weighted by Gasteiger charge is 2.32. The molecule has 26 heavy (non-hydrogen) atoms. The van der Waals surface area contributed by atoms with Crippen LogP contribution >= 0.6 is 11.6 Å². The van der Waals surface area contributed by atoms with Crippen LogP contribution in [-0.4, -0.2) is 20.6 Å². The number of halogens is 1. The molecular formula is C19H20ClN3O3. The Kier molecular flexibility index (Phi) is 4.44. The van der Waals surface area contributed by atoms with Crippen molar-refractivity contribution < 1.29 is 9.90 Å². The fourth-order valence-corrected chi connectivity index (χ4v) is 4.20. The number of fused-ring (bicyclic) bond motifs is 2. The van der Waals surface area contributed by atoms with Crippen LogP contribution < -0.4 is 10.9 Å². The zero-order valence-electron chi connectivity index (χ0n) is 14.3. The van der Waals surface area contributed by atoms with E-state index in [9.17, 15) is 14.7 Å². The van der Waals surface area contributed by atoms with Crippen molar-refractivity contribution in [2.45, 2.75) is 51.1 Å². The van der Waals surface area contributed by atoms with Crippen molar-refractivity contribution in [2.24, 2.45) is 0 Å². The quantitative estimate of drug-likeness (QED) is 0.860. The minimum Gasteiger partial charge on any atom is -0.480 e. The number of carbonyl (C=O) groups is 1. The molecule has 1 aromatic heterocycles. The number of nitrogens with one attached hydrogen (secondary N) is 1. The highest BCUT2D eigenvalue weighted by molar-refractivity contribution is 6.30. The van der Waals surface area contributed by atoms with Crippen LogP contribution in [0.25, 0.3) is 0 Å². The first kappa shape index (κ1) is 17.1. The lowest BCUT2D eigenvalue weighted by molar-refractivity contribution is -0.140. The van der Waals surface area contributed by atoms with Crippen LogP contribution in [0.4, 0.5) is 5.82 Å². The summed E-state index contributed by atoms with van der Waals surface area (Å²) in [6.45, 7) is 0.447. The van der Waals surface area contributed by atoms with E-state index >= 15 is 0 Å². The Morgan fingerprint density at radius 3 is 2.81 bits per heavy atom. The van der Waals surface area contributed by atoms with Gasteiger partial charge in [-0.25, -0.2) is 9.78 Å². The van der Waals surface area contributed by atoms with Gasteiger partial charge in [0.05, 0.1) is 5.69 Å². The summed E-state index contributed by atoms with van der Waals surface area (Å²) in [7, 11) is 0. The molecule has 0 radical (unpaired) electrons. The molecular weight excluding hydrogens is 354 g/mol. The topological polar surface area (TPSA) is 84.2 Å². The number of aromatic nitrogens is 2. The van der Waals surface area contributed by atoms with Gasteiger partial charge in [-0.2, -0.15) is 0 Å². The van der Waals surface area contributed by atoms with Crippen LogP contribution in [0.15, 0.2) is 23.0 Å². The maximum atomic E-state index is 12.7. The van der Waals surface area contributed by atoms with Crippen molar-refractivity contribution in [3.63, 3.8) is 0 Å².